The number of aromatic nitrogens is 2. The number of nitrogens with zero attached hydrogens (tertiary/aromatic N) is 2. The summed E-state index contributed by atoms with van der Waals surface area (Å²) in [5, 5.41) is 2.83. The van der Waals surface area contributed by atoms with E-state index in [9.17, 15) is 8.42 Å². The molecule has 1 aromatic carbocycles. The molecular weight excluding hydrogens is 386 g/mol. The van der Waals surface area contributed by atoms with Gasteiger partial charge in [0.2, 0.25) is 10.0 Å². The summed E-state index contributed by atoms with van der Waals surface area (Å²) in [6, 6.07) is 8.41. The molecule has 2 aromatic heterocycles. The van der Waals surface area contributed by atoms with Gasteiger partial charge in [-0.15, -0.1) is 11.3 Å². The van der Waals surface area contributed by atoms with Crippen LogP contribution in [0.25, 0.3) is 10.6 Å². The SMILES string of the molecule is O=S(=O)(NCCc1csc(-c2ccncc2)n1)c1ccc2c(c1)OCCO2. The summed E-state index contributed by atoms with van der Waals surface area (Å²) < 4.78 is 38.5. The lowest BCUT2D eigenvalue weighted by Crippen LogP contribution is -2.26. The molecule has 3 heterocycles. The molecule has 1 N–H and O–H groups in total. The zero-order chi connectivity index (χ0) is 18.7. The van der Waals surface area contributed by atoms with Gasteiger partial charge in [-0.2, -0.15) is 0 Å². The van der Waals surface area contributed by atoms with Gasteiger partial charge in [0, 0.05) is 42.4 Å². The first-order valence-electron chi connectivity index (χ1n) is 8.36. The zero-order valence-corrected chi connectivity index (χ0v) is 15.9. The number of pyridine rings is 1. The Morgan fingerprint density at radius 3 is 2.67 bits per heavy atom. The van der Waals surface area contributed by atoms with Gasteiger partial charge >= 0.3 is 0 Å². The molecule has 0 bridgehead atoms. The smallest absolute Gasteiger partial charge is 0.240 e. The monoisotopic (exact) mass is 403 g/mol. The molecule has 0 radical (unpaired) electrons. The zero-order valence-electron chi connectivity index (χ0n) is 14.3. The molecular formula is C18H17N3O4S2. The number of fused-ring (bicyclic) bond motifs is 1. The van der Waals surface area contributed by atoms with Crippen molar-refractivity contribution in [2.24, 2.45) is 0 Å². The van der Waals surface area contributed by atoms with Crippen molar-refractivity contribution >= 4 is 21.4 Å². The predicted octanol–water partition coefficient (Wildman–Crippen LogP) is 2.50. The van der Waals surface area contributed by atoms with Gasteiger partial charge in [-0.1, -0.05) is 0 Å². The summed E-state index contributed by atoms with van der Waals surface area (Å²) in [6.45, 7) is 1.14. The van der Waals surface area contributed by atoms with E-state index in [1.807, 2.05) is 17.5 Å². The minimum absolute atomic E-state index is 0.155. The minimum Gasteiger partial charge on any atom is -0.486 e. The van der Waals surface area contributed by atoms with E-state index in [2.05, 4.69) is 14.7 Å². The summed E-state index contributed by atoms with van der Waals surface area (Å²) in [5.74, 6) is 1.01. The number of thiazole rings is 1. The number of nitrogens with one attached hydrogen (secondary N) is 1. The summed E-state index contributed by atoms with van der Waals surface area (Å²) >= 11 is 1.53. The number of ether oxygens (including phenoxy) is 2. The van der Waals surface area contributed by atoms with Crippen molar-refractivity contribution in [3.63, 3.8) is 0 Å². The second-order valence-corrected chi connectivity index (χ2v) is 8.46. The van der Waals surface area contributed by atoms with Crippen molar-refractivity contribution in [3.05, 3.63) is 53.8 Å². The molecule has 0 saturated carbocycles. The maximum absolute atomic E-state index is 12.5. The fraction of sp³-hybridized carbons (Fsp3) is 0.222. The van der Waals surface area contributed by atoms with Gasteiger partial charge in [0.1, 0.15) is 18.2 Å². The van der Waals surface area contributed by atoms with E-state index in [0.717, 1.165) is 16.3 Å². The highest BCUT2D eigenvalue weighted by atomic mass is 32.2. The molecule has 27 heavy (non-hydrogen) atoms. The fourth-order valence-electron chi connectivity index (χ4n) is 2.64. The molecule has 0 amide bonds. The second kappa shape index (κ2) is 7.63. The minimum atomic E-state index is -3.63. The lowest BCUT2D eigenvalue weighted by molar-refractivity contribution is 0.171. The number of sulfonamides is 1. The van der Waals surface area contributed by atoms with Gasteiger partial charge in [0.05, 0.1) is 10.6 Å². The molecule has 0 fully saturated rings. The molecule has 140 valence electrons. The van der Waals surface area contributed by atoms with Crippen molar-refractivity contribution in [2.45, 2.75) is 11.3 Å². The third-order valence-electron chi connectivity index (χ3n) is 3.98. The second-order valence-electron chi connectivity index (χ2n) is 5.83. The van der Waals surface area contributed by atoms with E-state index in [4.69, 9.17) is 9.47 Å². The van der Waals surface area contributed by atoms with Crippen LogP contribution in [0.5, 0.6) is 11.5 Å². The Morgan fingerprint density at radius 1 is 1.07 bits per heavy atom. The van der Waals surface area contributed by atoms with Crippen LogP contribution in [0.4, 0.5) is 0 Å². The standard InChI is InChI=1S/C18H17N3O4S2/c22-27(23,15-1-2-16-17(11-15)25-10-9-24-16)20-8-5-14-12-26-18(21-14)13-3-6-19-7-4-13/h1-4,6-7,11-12,20H,5,8-10H2. The summed E-state index contributed by atoms with van der Waals surface area (Å²) in [6.07, 6.45) is 3.95. The third-order valence-corrected chi connectivity index (χ3v) is 6.38. The lowest BCUT2D eigenvalue weighted by atomic mass is 10.3. The van der Waals surface area contributed by atoms with E-state index in [1.54, 1.807) is 18.5 Å². The van der Waals surface area contributed by atoms with Gasteiger partial charge in [-0.25, -0.2) is 18.1 Å². The molecule has 0 saturated heterocycles. The first-order chi connectivity index (χ1) is 13.1. The van der Waals surface area contributed by atoms with Gasteiger partial charge in [0.25, 0.3) is 0 Å². The summed E-state index contributed by atoms with van der Waals surface area (Å²) in [4.78, 5) is 8.70. The van der Waals surface area contributed by atoms with Crippen LogP contribution in [0.1, 0.15) is 5.69 Å². The van der Waals surface area contributed by atoms with Gasteiger partial charge in [-0.3, -0.25) is 4.98 Å². The molecule has 1 aliphatic rings. The largest absolute Gasteiger partial charge is 0.486 e. The predicted molar refractivity (Wildman–Crippen MR) is 102 cm³/mol. The normalized spacial score (nSPS) is 13.5. The van der Waals surface area contributed by atoms with Crippen molar-refractivity contribution in [3.8, 4) is 22.1 Å². The lowest BCUT2D eigenvalue weighted by Gasteiger charge is -2.18. The topological polar surface area (TPSA) is 90.4 Å². The van der Waals surface area contributed by atoms with Crippen molar-refractivity contribution in [2.75, 3.05) is 19.8 Å². The van der Waals surface area contributed by atoms with Gasteiger partial charge in [0.15, 0.2) is 11.5 Å². The average Bonchev–Trinajstić information content (AvgIpc) is 3.17. The Labute approximate surface area is 161 Å². The molecule has 1 aliphatic heterocycles. The van der Waals surface area contributed by atoms with E-state index >= 15 is 0 Å². The van der Waals surface area contributed by atoms with Crippen LogP contribution in [0.2, 0.25) is 0 Å². The molecule has 0 unspecified atom stereocenters. The van der Waals surface area contributed by atoms with Gasteiger partial charge in [-0.05, 0) is 24.3 Å². The molecule has 4 rings (SSSR count). The van der Waals surface area contributed by atoms with Crippen LogP contribution < -0.4 is 14.2 Å². The van der Waals surface area contributed by atoms with E-state index < -0.39 is 10.0 Å². The number of benzene rings is 1. The van der Waals surface area contributed by atoms with Crippen molar-refractivity contribution in [1.82, 2.24) is 14.7 Å². The fourth-order valence-corrected chi connectivity index (χ4v) is 4.54. The first kappa shape index (κ1) is 17.9. The highest BCUT2D eigenvalue weighted by molar-refractivity contribution is 7.89. The van der Waals surface area contributed by atoms with E-state index in [-0.39, 0.29) is 11.4 Å². The Hall–Kier alpha value is -2.49. The molecule has 0 spiro atoms. The number of rotatable bonds is 6. The first-order valence-corrected chi connectivity index (χ1v) is 10.7. The number of hydrogen-bond acceptors (Lipinski definition) is 7. The van der Waals surface area contributed by atoms with E-state index in [1.165, 1.54) is 23.5 Å². The maximum atomic E-state index is 12.5. The third kappa shape index (κ3) is 4.10. The van der Waals surface area contributed by atoms with E-state index in [0.29, 0.717) is 31.1 Å². The highest BCUT2D eigenvalue weighted by Gasteiger charge is 2.19. The van der Waals surface area contributed by atoms with Crippen LogP contribution in [0.3, 0.4) is 0 Å². The molecule has 3 aromatic rings. The Morgan fingerprint density at radius 2 is 1.85 bits per heavy atom. The molecule has 7 nitrogen and oxygen atoms in total. The Bertz CT molecular complexity index is 1040. The molecule has 0 aliphatic carbocycles. The molecule has 0 atom stereocenters. The van der Waals surface area contributed by atoms with Crippen LogP contribution in [-0.4, -0.2) is 38.1 Å². The van der Waals surface area contributed by atoms with Crippen LogP contribution in [-0.2, 0) is 16.4 Å². The Balaban J connectivity index is 1.39. The Kier molecular flexibility index (Phi) is 5.06. The van der Waals surface area contributed by atoms with Crippen LogP contribution in [0.15, 0.2) is 53.0 Å². The highest BCUT2D eigenvalue weighted by Crippen LogP contribution is 2.32. The van der Waals surface area contributed by atoms with Crippen molar-refractivity contribution < 1.29 is 17.9 Å². The number of hydrogen-bond donors (Lipinski definition) is 1. The van der Waals surface area contributed by atoms with Crippen LogP contribution >= 0.6 is 11.3 Å². The summed E-state index contributed by atoms with van der Waals surface area (Å²) in [5.41, 5.74) is 1.84. The summed E-state index contributed by atoms with van der Waals surface area (Å²) in [7, 11) is -3.63. The quantitative estimate of drug-likeness (QED) is 0.680. The van der Waals surface area contributed by atoms with Crippen molar-refractivity contribution in [1.29, 1.82) is 0 Å². The molecule has 9 heteroatoms. The average molecular weight is 403 g/mol. The van der Waals surface area contributed by atoms with Gasteiger partial charge < -0.3 is 9.47 Å². The maximum Gasteiger partial charge on any atom is 0.240 e. The van der Waals surface area contributed by atoms with Crippen LogP contribution in [0, 0.1) is 0 Å².